The van der Waals surface area contributed by atoms with E-state index in [1.165, 1.54) is 16.7 Å². The van der Waals surface area contributed by atoms with Crippen molar-refractivity contribution in [1.29, 1.82) is 0 Å². The second-order valence-electron chi connectivity index (χ2n) is 6.63. The van der Waals surface area contributed by atoms with Crippen LogP contribution in [0.3, 0.4) is 0 Å². The van der Waals surface area contributed by atoms with Crippen LogP contribution in [0.4, 0.5) is 0 Å². The number of hydrogen-bond donors (Lipinski definition) is 0. The smallest absolute Gasteiger partial charge is 0.191 e. The first-order valence-electron chi connectivity index (χ1n) is 8.98. The number of aryl methyl sites for hydroxylation is 3. The third kappa shape index (κ3) is 5.01. The molecule has 0 atom stereocenters. The van der Waals surface area contributed by atoms with Crippen molar-refractivity contribution in [3.05, 3.63) is 83.2 Å². The van der Waals surface area contributed by atoms with Crippen molar-refractivity contribution >= 4 is 11.8 Å². The minimum atomic E-state index is 0.385. The molecule has 0 aliphatic carbocycles. The van der Waals surface area contributed by atoms with Crippen LogP contribution in [0, 0.1) is 20.8 Å². The summed E-state index contributed by atoms with van der Waals surface area (Å²) in [6, 6.07) is 14.8. The number of ether oxygens (including phenoxy) is 1. The molecule has 0 saturated heterocycles. The summed E-state index contributed by atoms with van der Waals surface area (Å²) in [7, 11) is 0. The van der Waals surface area contributed by atoms with Crippen molar-refractivity contribution in [3.8, 4) is 5.75 Å². The van der Waals surface area contributed by atoms with Gasteiger partial charge in [-0.2, -0.15) is 0 Å². The molecule has 140 valence electrons. The summed E-state index contributed by atoms with van der Waals surface area (Å²) in [5, 5.41) is 9.60. The normalized spacial score (nSPS) is 10.8. The predicted molar refractivity (Wildman–Crippen MR) is 111 cm³/mol. The van der Waals surface area contributed by atoms with Crippen LogP contribution in [0.1, 0.15) is 28.1 Å². The van der Waals surface area contributed by atoms with Crippen molar-refractivity contribution in [2.45, 2.75) is 44.8 Å². The Bertz CT molecular complexity index is 916. The molecule has 27 heavy (non-hydrogen) atoms. The lowest BCUT2D eigenvalue weighted by Crippen LogP contribution is -2.08. The van der Waals surface area contributed by atoms with E-state index in [0.29, 0.717) is 13.2 Å². The van der Waals surface area contributed by atoms with E-state index in [4.69, 9.17) is 4.74 Å². The van der Waals surface area contributed by atoms with Crippen LogP contribution in [0.15, 0.2) is 60.3 Å². The Balaban J connectivity index is 1.71. The molecular weight excluding hydrogens is 354 g/mol. The number of nitrogens with zero attached hydrogens (tertiary/aromatic N) is 3. The van der Waals surface area contributed by atoms with Crippen LogP contribution >= 0.6 is 11.8 Å². The summed E-state index contributed by atoms with van der Waals surface area (Å²) in [5.41, 5.74) is 4.83. The molecule has 0 N–H and O–H groups in total. The highest BCUT2D eigenvalue weighted by atomic mass is 32.2. The lowest BCUT2D eigenvalue weighted by atomic mass is 10.1. The summed E-state index contributed by atoms with van der Waals surface area (Å²) in [6.45, 7) is 11.1. The SMILES string of the molecule is C=CCn1c(COc2cc(C)ccc2C)nnc1SCc1ccc(C)cc1. The van der Waals surface area contributed by atoms with Crippen molar-refractivity contribution in [2.75, 3.05) is 0 Å². The molecule has 5 heteroatoms. The van der Waals surface area contributed by atoms with Gasteiger partial charge in [0.1, 0.15) is 12.4 Å². The third-order valence-electron chi connectivity index (χ3n) is 4.29. The van der Waals surface area contributed by atoms with Gasteiger partial charge in [-0.3, -0.25) is 4.57 Å². The summed E-state index contributed by atoms with van der Waals surface area (Å²) in [5.74, 6) is 2.55. The van der Waals surface area contributed by atoms with Crippen LogP contribution in [0.25, 0.3) is 0 Å². The monoisotopic (exact) mass is 379 g/mol. The van der Waals surface area contributed by atoms with Gasteiger partial charge in [-0.1, -0.05) is 59.8 Å². The quantitative estimate of drug-likeness (QED) is 0.395. The molecule has 3 aromatic rings. The Morgan fingerprint density at radius 2 is 1.78 bits per heavy atom. The summed E-state index contributed by atoms with van der Waals surface area (Å²) in [4.78, 5) is 0. The van der Waals surface area contributed by atoms with Gasteiger partial charge in [0.15, 0.2) is 11.0 Å². The van der Waals surface area contributed by atoms with E-state index in [2.05, 4.69) is 77.7 Å². The molecule has 0 amide bonds. The summed E-state index contributed by atoms with van der Waals surface area (Å²) in [6.07, 6.45) is 1.86. The molecule has 0 spiro atoms. The third-order valence-corrected chi connectivity index (χ3v) is 5.33. The molecule has 1 aromatic heterocycles. The van der Waals surface area contributed by atoms with E-state index in [1.54, 1.807) is 11.8 Å². The molecule has 0 saturated carbocycles. The number of benzene rings is 2. The Morgan fingerprint density at radius 3 is 2.52 bits per heavy atom. The largest absolute Gasteiger partial charge is 0.485 e. The fourth-order valence-corrected chi connectivity index (χ4v) is 3.60. The molecule has 0 radical (unpaired) electrons. The predicted octanol–water partition coefficient (Wildman–Crippen LogP) is 5.26. The molecule has 0 aliphatic rings. The molecular formula is C22H25N3OS. The van der Waals surface area contributed by atoms with Crippen LogP contribution in [0.2, 0.25) is 0 Å². The lowest BCUT2D eigenvalue weighted by molar-refractivity contribution is 0.287. The molecule has 0 bridgehead atoms. The zero-order valence-corrected chi connectivity index (χ0v) is 16.9. The van der Waals surface area contributed by atoms with Gasteiger partial charge in [-0.15, -0.1) is 16.8 Å². The minimum Gasteiger partial charge on any atom is -0.485 e. The zero-order valence-electron chi connectivity index (χ0n) is 16.1. The van der Waals surface area contributed by atoms with Gasteiger partial charge in [0.2, 0.25) is 0 Å². The van der Waals surface area contributed by atoms with E-state index >= 15 is 0 Å². The molecule has 1 heterocycles. The Hall–Kier alpha value is -2.53. The molecule has 0 aliphatic heterocycles. The minimum absolute atomic E-state index is 0.385. The second-order valence-corrected chi connectivity index (χ2v) is 7.57. The van der Waals surface area contributed by atoms with Crippen LogP contribution in [0.5, 0.6) is 5.75 Å². The molecule has 0 fully saturated rings. The number of thioether (sulfide) groups is 1. The van der Waals surface area contributed by atoms with Gasteiger partial charge in [0.05, 0.1) is 0 Å². The highest BCUT2D eigenvalue weighted by Crippen LogP contribution is 2.24. The van der Waals surface area contributed by atoms with E-state index in [9.17, 15) is 0 Å². The van der Waals surface area contributed by atoms with Crippen molar-refractivity contribution in [1.82, 2.24) is 14.8 Å². The van der Waals surface area contributed by atoms with Crippen LogP contribution in [-0.4, -0.2) is 14.8 Å². The van der Waals surface area contributed by atoms with Crippen LogP contribution < -0.4 is 4.74 Å². The molecule has 0 unspecified atom stereocenters. The Labute approximate surface area is 165 Å². The number of hydrogen-bond acceptors (Lipinski definition) is 4. The Morgan fingerprint density at radius 1 is 1.04 bits per heavy atom. The lowest BCUT2D eigenvalue weighted by Gasteiger charge is -2.11. The number of allylic oxidation sites excluding steroid dienone is 1. The maximum Gasteiger partial charge on any atom is 0.191 e. The maximum absolute atomic E-state index is 6.01. The Kier molecular flexibility index (Phi) is 6.35. The molecule has 2 aromatic carbocycles. The van der Waals surface area contributed by atoms with E-state index < -0.39 is 0 Å². The average Bonchev–Trinajstić information content (AvgIpc) is 3.04. The van der Waals surface area contributed by atoms with Gasteiger partial charge in [0.25, 0.3) is 0 Å². The zero-order chi connectivity index (χ0) is 19.2. The van der Waals surface area contributed by atoms with Gasteiger partial charge in [-0.25, -0.2) is 0 Å². The number of aromatic nitrogens is 3. The van der Waals surface area contributed by atoms with Gasteiger partial charge in [0, 0.05) is 12.3 Å². The second kappa shape index (κ2) is 8.91. The number of rotatable bonds is 8. The van der Waals surface area contributed by atoms with E-state index in [0.717, 1.165) is 28.0 Å². The first kappa shape index (κ1) is 19.2. The van der Waals surface area contributed by atoms with Crippen molar-refractivity contribution in [3.63, 3.8) is 0 Å². The highest BCUT2D eigenvalue weighted by Gasteiger charge is 2.13. The standard InChI is InChI=1S/C22H25N3OS/c1-5-12-25-21(14-26-20-13-17(3)6-9-18(20)4)23-24-22(25)27-15-19-10-7-16(2)8-11-19/h5-11,13H,1,12,14-15H2,2-4H3. The highest BCUT2D eigenvalue weighted by molar-refractivity contribution is 7.98. The summed E-state index contributed by atoms with van der Waals surface area (Å²) < 4.78 is 8.08. The van der Waals surface area contributed by atoms with E-state index in [-0.39, 0.29) is 0 Å². The van der Waals surface area contributed by atoms with Gasteiger partial charge in [-0.05, 0) is 43.5 Å². The first-order chi connectivity index (χ1) is 13.1. The maximum atomic E-state index is 6.01. The first-order valence-corrected chi connectivity index (χ1v) is 9.96. The fraction of sp³-hybridized carbons (Fsp3) is 0.273. The van der Waals surface area contributed by atoms with Gasteiger partial charge < -0.3 is 4.74 Å². The van der Waals surface area contributed by atoms with Crippen molar-refractivity contribution in [2.24, 2.45) is 0 Å². The molecule has 3 rings (SSSR count). The van der Waals surface area contributed by atoms with E-state index in [1.807, 2.05) is 13.0 Å². The summed E-state index contributed by atoms with van der Waals surface area (Å²) >= 11 is 1.68. The average molecular weight is 380 g/mol. The topological polar surface area (TPSA) is 39.9 Å². The van der Waals surface area contributed by atoms with Gasteiger partial charge >= 0.3 is 0 Å². The fourth-order valence-electron chi connectivity index (χ4n) is 2.68. The van der Waals surface area contributed by atoms with Crippen LogP contribution in [-0.2, 0) is 18.9 Å². The molecule has 4 nitrogen and oxygen atoms in total. The van der Waals surface area contributed by atoms with Crippen molar-refractivity contribution < 1.29 is 4.74 Å².